The van der Waals surface area contributed by atoms with Gasteiger partial charge in [-0.2, -0.15) is 0 Å². The molecule has 0 aliphatic heterocycles. The first-order valence-corrected chi connectivity index (χ1v) is 8.75. The number of benzene rings is 3. The molecule has 0 heterocycles. The number of carbonyl (C=O) groups excluding carboxylic acids is 2. The van der Waals surface area contributed by atoms with Gasteiger partial charge in [0.15, 0.2) is 12.4 Å². The van der Waals surface area contributed by atoms with Crippen LogP contribution in [0.1, 0.15) is 15.9 Å². The maximum atomic E-state index is 12.2. The number of oxime groups is 1. The highest BCUT2D eigenvalue weighted by Gasteiger charge is 2.09. The molecule has 1 amide bonds. The quantitative estimate of drug-likeness (QED) is 0.279. The third-order valence-electron chi connectivity index (χ3n) is 3.99. The van der Waals surface area contributed by atoms with Gasteiger partial charge in [-0.25, -0.2) is 4.79 Å². The summed E-state index contributed by atoms with van der Waals surface area (Å²) in [6, 6.07) is 23.3. The number of nitrogens with zero attached hydrogens (tertiary/aromatic N) is 1. The predicted octanol–water partition coefficient (Wildman–Crippen LogP) is 2.70. The number of carbonyl (C=O) groups is 2. The van der Waals surface area contributed by atoms with Gasteiger partial charge in [-0.3, -0.25) is 4.79 Å². The highest BCUT2D eigenvalue weighted by atomic mass is 16.7. The molecule has 3 aromatic carbocycles. The third kappa shape index (κ3) is 5.43. The topological polar surface area (TPSA) is 117 Å². The second-order valence-electron chi connectivity index (χ2n) is 6.08. The molecule has 4 N–H and O–H groups in total. The molecule has 0 bridgehead atoms. The summed E-state index contributed by atoms with van der Waals surface area (Å²) in [6.07, 6.45) is 0. The van der Waals surface area contributed by atoms with Gasteiger partial charge in [-0.05, 0) is 47.5 Å². The van der Waals surface area contributed by atoms with E-state index in [-0.39, 0.29) is 12.4 Å². The Bertz CT molecular complexity index is 1010. The van der Waals surface area contributed by atoms with E-state index in [0.717, 1.165) is 11.1 Å². The van der Waals surface area contributed by atoms with E-state index in [1.165, 1.54) is 0 Å². The standard InChI is InChI=1S/C22H19N3O4/c23-20(26)14-28-19-12-10-17(11-13-19)21(24)25-29-22(27)18-8-6-16(7-9-18)15-4-2-1-3-5-15/h1-13H,14H2,(H2,23,26)(H2,24,25). The normalized spacial score (nSPS) is 11.0. The van der Waals surface area contributed by atoms with Gasteiger partial charge in [0.05, 0.1) is 5.56 Å². The zero-order valence-corrected chi connectivity index (χ0v) is 15.4. The molecule has 3 aromatic rings. The largest absolute Gasteiger partial charge is 0.484 e. The van der Waals surface area contributed by atoms with Crippen molar-refractivity contribution < 1.29 is 19.2 Å². The van der Waals surface area contributed by atoms with Crippen molar-refractivity contribution in [3.8, 4) is 16.9 Å². The van der Waals surface area contributed by atoms with Gasteiger partial charge in [-0.1, -0.05) is 47.6 Å². The fourth-order valence-corrected chi connectivity index (χ4v) is 2.50. The van der Waals surface area contributed by atoms with Gasteiger partial charge in [0.1, 0.15) is 5.75 Å². The molecule has 0 radical (unpaired) electrons. The molecule has 0 atom stereocenters. The minimum atomic E-state index is -0.617. The molecule has 0 aliphatic carbocycles. The summed E-state index contributed by atoms with van der Waals surface area (Å²) in [5.74, 6) is -0.704. The van der Waals surface area contributed by atoms with Gasteiger partial charge >= 0.3 is 5.97 Å². The van der Waals surface area contributed by atoms with Crippen LogP contribution in [0, 0.1) is 0 Å². The van der Waals surface area contributed by atoms with E-state index in [2.05, 4.69) is 5.16 Å². The molecule has 0 aromatic heterocycles. The van der Waals surface area contributed by atoms with Crippen LogP contribution < -0.4 is 16.2 Å². The average molecular weight is 389 g/mol. The van der Waals surface area contributed by atoms with Crippen LogP contribution in [0.25, 0.3) is 11.1 Å². The molecule has 7 heteroatoms. The van der Waals surface area contributed by atoms with Crippen LogP contribution in [0.2, 0.25) is 0 Å². The van der Waals surface area contributed by atoms with Crippen LogP contribution in [0.15, 0.2) is 84.0 Å². The van der Waals surface area contributed by atoms with Crippen LogP contribution in [-0.2, 0) is 9.63 Å². The van der Waals surface area contributed by atoms with Gasteiger partial charge in [-0.15, -0.1) is 0 Å². The first-order valence-electron chi connectivity index (χ1n) is 8.75. The Hall–Kier alpha value is -4.13. The summed E-state index contributed by atoms with van der Waals surface area (Å²) in [5, 5.41) is 3.69. The summed E-state index contributed by atoms with van der Waals surface area (Å²) in [7, 11) is 0. The number of hydrogen-bond acceptors (Lipinski definition) is 5. The number of rotatable bonds is 7. The monoisotopic (exact) mass is 389 g/mol. The van der Waals surface area contributed by atoms with Crippen LogP contribution in [-0.4, -0.2) is 24.3 Å². The van der Waals surface area contributed by atoms with E-state index in [4.69, 9.17) is 21.0 Å². The first kappa shape index (κ1) is 19.6. The van der Waals surface area contributed by atoms with Crippen molar-refractivity contribution in [2.75, 3.05) is 6.61 Å². The lowest BCUT2D eigenvalue weighted by Crippen LogP contribution is -2.20. The summed E-state index contributed by atoms with van der Waals surface area (Å²) < 4.78 is 5.16. The van der Waals surface area contributed by atoms with E-state index >= 15 is 0 Å². The Morgan fingerprint density at radius 1 is 0.759 bits per heavy atom. The molecule has 0 saturated heterocycles. The minimum Gasteiger partial charge on any atom is -0.484 e. The zero-order valence-electron chi connectivity index (χ0n) is 15.4. The molecular formula is C22H19N3O4. The summed E-state index contributed by atoms with van der Waals surface area (Å²) >= 11 is 0. The highest BCUT2D eigenvalue weighted by Crippen LogP contribution is 2.19. The average Bonchev–Trinajstić information content (AvgIpc) is 2.77. The molecule has 0 spiro atoms. The van der Waals surface area contributed by atoms with Crippen molar-refractivity contribution >= 4 is 17.7 Å². The second-order valence-corrected chi connectivity index (χ2v) is 6.08. The second kappa shape index (κ2) is 9.18. The summed E-state index contributed by atoms with van der Waals surface area (Å²) in [4.78, 5) is 27.8. The number of amidine groups is 1. The Balaban J connectivity index is 1.61. The molecule has 0 fully saturated rings. The Labute approximate surface area is 167 Å². The molecule has 0 unspecified atom stereocenters. The Morgan fingerprint density at radius 2 is 1.34 bits per heavy atom. The molecule has 3 rings (SSSR count). The summed E-state index contributed by atoms with van der Waals surface area (Å²) in [6.45, 7) is -0.219. The fourth-order valence-electron chi connectivity index (χ4n) is 2.50. The molecule has 146 valence electrons. The molecule has 0 aliphatic rings. The number of amides is 1. The number of hydrogen-bond donors (Lipinski definition) is 2. The maximum Gasteiger partial charge on any atom is 0.365 e. The van der Waals surface area contributed by atoms with E-state index in [1.54, 1.807) is 36.4 Å². The third-order valence-corrected chi connectivity index (χ3v) is 3.99. The minimum absolute atomic E-state index is 0.0284. The van der Waals surface area contributed by atoms with Crippen LogP contribution in [0.3, 0.4) is 0 Å². The van der Waals surface area contributed by atoms with Gasteiger partial charge in [0, 0.05) is 5.56 Å². The van der Waals surface area contributed by atoms with Crippen molar-refractivity contribution in [2.45, 2.75) is 0 Å². The van der Waals surface area contributed by atoms with Gasteiger partial charge < -0.3 is 21.0 Å². The molecule has 7 nitrogen and oxygen atoms in total. The van der Waals surface area contributed by atoms with Crippen LogP contribution in [0.5, 0.6) is 5.75 Å². The van der Waals surface area contributed by atoms with Crippen LogP contribution in [0.4, 0.5) is 0 Å². The first-order chi connectivity index (χ1) is 14.0. The highest BCUT2D eigenvalue weighted by molar-refractivity contribution is 5.98. The lowest BCUT2D eigenvalue weighted by molar-refractivity contribution is -0.119. The van der Waals surface area contributed by atoms with E-state index in [1.807, 2.05) is 42.5 Å². The van der Waals surface area contributed by atoms with E-state index in [0.29, 0.717) is 16.9 Å². The molecular weight excluding hydrogens is 370 g/mol. The number of nitrogens with two attached hydrogens (primary N) is 2. The molecule has 0 saturated carbocycles. The predicted molar refractivity (Wildman–Crippen MR) is 109 cm³/mol. The van der Waals surface area contributed by atoms with Crippen molar-refractivity contribution in [2.24, 2.45) is 16.6 Å². The number of ether oxygens (including phenoxy) is 1. The van der Waals surface area contributed by atoms with Crippen molar-refractivity contribution in [3.05, 3.63) is 90.0 Å². The lowest BCUT2D eigenvalue weighted by Gasteiger charge is -2.05. The Kier molecular flexibility index (Phi) is 6.22. The van der Waals surface area contributed by atoms with Crippen molar-refractivity contribution in [1.82, 2.24) is 0 Å². The zero-order chi connectivity index (χ0) is 20.6. The Morgan fingerprint density at radius 3 is 1.97 bits per heavy atom. The van der Waals surface area contributed by atoms with Gasteiger partial charge in [0.2, 0.25) is 0 Å². The maximum absolute atomic E-state index is 12.2. The van der Waals surface area contributed by atoms with E-state index in [9.17, 15) is 9.59 Å². The molecule has 29 heavy (non-hydrogen) atoms. The number of primary amides is 1. The SMILES string of the molecule is NC(=O)COc1ccc(/C(N)=N/OC(=O)c2ccc(-c3ccccc3)cc2)cc1. The van der Waals surface area contributed by atoms with Crippen LogP contribution >= 0.6 is 0 Å². The smallest absolute Gasteiger partial charge is 0.365 e. The lowest BCUT2D eigenvalue weighted by atomic mass is 10.0. The van der Waals surface area contributed by atoms with Crippen molar-refractivity contribution in [1.29, 1.82) is 0 Å². The fraction of sp³-hybridized carbons (Fsp3) is 0.0455. The summed E-state index contributed by atoms with van der Waals surface area (Å²) in [5.41, 5.74) is 13.8. The van der Waals surface area contributed by atoms with Gasteiger partial charge in [0.25, 0.3) is 5.91 Å². The van der Waals surface area contributed by atoms with Crippen molar-refractivity contribution in [3.63, 3.8) is 0 Å². The van der Waals surface area contributed by atoms with E-state index < -0.39 is 11.9 Å².